The van der Waals surface area contributed by atoms with Crippen molar-refractivity contribution in [2.24, 2.45) is 0 Å². The lowest BCUT2D eigenvalue weighted by Crippen LogP contribution is -2.26. The second kappa shape index (κ2) is 5.10. The Hall–Kier alpha value is -1.73. The standard InChI is InChI=1S/C12H16N4O2S/c1-4-16(3)19(17,18)11-7-5-10(6-8-11)12-13-9(2)14-15-12/h5-8H,4H2,1-3H3,(H,13,14,15). The summed E-state index contributed by atoms with van der Waals surface area (Å²) in [7, 11) is -1.84. The lowest BCUT2D eigenvalue weighted by Gasteiger charge is -2.14. The zero-order valence-electron chi connectivity index (χ0n) is 11.1. The molecule has 0 unspecified atom stereocenters. The monoisotopic (exact) mass is 280 g/mol. The molecule has 0 aliphatic carbocycles. The molecule has 1 heterocycles. The molecular formula is C12H16N4O2S. The highest BCUT2D eigenvalue weighted by Crippen LogP contribution is 2.19. The summed E-state index contributed by atoms with van der Waals surface area (Å²) in [4.78, 5) is 4.47. The molecule has 1 aromatic heterocycles. The van der Waals surface area contributed by atoms with Gasteiger partial charge in [0.05, 0.1) is 4.90 Å². The number of H-pyrrole nitrogens is 1. The molecule has 2 aromatic rings. The first-order valence-electron chi connectivity index (χ1n) is 5.91. The molecule has 7 heteroatoms. The number of hydrogen-bond donors (Lipinski definition) is 1. The minimum atomic E-state index is -3.40. The second-order valence-electron chi connectivity index (χ2n) is 4.19. The van der Waals surface area contributed by atoms with Gasteiger partial charge in [-0.3, -0.25) is 5.10 Å². The van der Waals surface area contributed by atoms with Gasteiger partial charge in [-0.25, -0.2) is 17.7 Å². The fraction of sp³-hybridized carbons (Fsp3) is 0.333. The van der Waals surface area contributed by atoms with Crippen molar-refractivity contribution in [2.75, 3.05) is 13.6 Å². The molecule has 0 fully saturated rings. The quantitative estimate of drug-likeness (QED) is 0.918. The Morgan fingerprint density at radius 3 is 2.37 bits per heavy atom. The highest BCUT2D eigenvalue weighted by Gasteiger charge is 2.19. The van der Waals surface area contributed by atoms with Gasteiger partial charge < -0.3 is 0 Å². The SMILES string of the molecule is CCN(C)S(=O)(=O)c1ccc(-c2n[nH]c(C)n2)cc1. The smallest absolute Gasteiger partial charge is 0.242 e. The first-order valence-corrected chi connectivity index (χ1v) is 7.35. The zero-order valence-corrected chi connectivity index (χ0v) is 11.9. The Kier molecular flexibility index (Phi) is 3.68. The number of sulfonamides is 1. The van der Waals surface area contributed by atoms with Crippen LogP contribution in [0, 0.1) is 6.92 Å². The van der Waals surface area contributed by atoms with Crippen molar-refractivity contribution < 1.29 is 8.42 Å². The summed E-state index contributed by atoms with van der Waals surface area (Å²) in [5, 5.41) is 6.78. The Balaban J connectivity index is 2.34. The molecule has 6 nitrogen and oxygen atoms in total. The van der Waals surface area contributed by atoms with Crippen molar-refractivity contribution in [1.82, 2.24) is 19.5 Å². The van der Waals surface area contributed by atoms with E-state index < -0.39 is 10.0 Å². The topological polar surface area (TPSA) is 79.0 Å². The summed E-state index contributed by atoms with van der Waals surface area (Å²) in [6.07, 6.45) is 0. The average molecular weight is 280 g/mol. The molecule has 0 bridgehead atoms. The van der Waals surface area contributed by atoms with E-state index in [1.54, 1.807) is 38.2 Å². The second-order valence-corrected chi connectivity index (χ2v) is 6.23. The van der Waals surface area contributed by atoms with Crippen LogP contribution in [0.1, 0.15) is 12.7 Å². The first-order chi connectivity index (χ1) is 8.95. The molecule has 2 rings (SSSR count). The van der Waals surface area contributed by atoms with Crippen molar-refractivity contribution in [3.8, 4) is 11.4 Å². The van der Waals surface area contributed by atoms with Crippen molar-refractivity contribution >= 4 is 10.0 Å². The number of rotatable bonds is 4. The van der Waals surface area contributed by atoms with E-state index in [0.717, 1.165) is 11.4 Å². The van der Waals surface area contributed by atoms with E-state index in [1.807, 2.05) is 6.92 Å². The molecule has 102 valence electrons. The van der Waals surface area contributed by atoms with Crippen molar-refractivity contribution in [3.63, 3.8) is 0 Å². The van der Waals surface area contributed by atoms with E-state index >= 15 is 0 Å². The van der Waals surface area contributed by atoms with Gasteiger partial charge in [0.2, 0.25) is 10.0 Å². The van der Waals surface area contributed by atoms with Crippen LogP contribution in [-0.2, 0) is 10.0 Å². The maximum atomic E-state index is 12.1. The van der Waals surface area contributed by atoms with E-state index in [1.165, 1.54) is 4.31 Å². The Bertz CT molecular complexity index is 661. The maximum absolute atomic E-state index is 12.1. The molecule has 0 amide bonds. The van der Waals surface area contributed by atoms with E-state index in [-0.39, 0.29) is 4.90 Å². The van der Waals surface area contributed by atoms with Gasteiger partial charge in [-0.1, -0.05) is 6.92 Å². The molecule has 0 atom stereocenters. The summed E-state index contributed by atoms with van der Waals surface area (Å²) in [5.41, 5.74) is 0.780. The Morgan fingerprint density at radius 2 is 1.89 bits per heavy atom. The van der Waals surface area contributed by atoms with Gasteiger partial charge in [0.25, 0.3) is 0 Å². The predicted molar refractivity (Wildman–Crippen MR) is 72.0 cm³/mol. The maximum Gasteiger partial charge on any atom is 0.242 e. The van der Waals surface area contributed by atoms with Gasteiger partial charge in [-0.2, -0.15) is 5.10 Å². The van der Waals surface area contributed by atoms with Crippen molar-refractivity contribution in [2.45, 2.75) is 18.7 Å². The lowest BCUT2D eigenvalue weighted by atomic mass is 10.2. The van der Waals surface area contributed by atoms with Crippen LogP contribution in [0.15, 0.2) is 29.2 Å². The van der Waals surface area contributed by atoms with E-state index in [0.29, 0.717) is 12.4 Å². The largest absolute Gasteiger partial charge is 0.263 e. The van der Waals surface area contributed by atoms with E-state index in [9.17, 15) is 8.42 Å². The van der Waals surface area contributed by atoms with Crippen LogP contribution in [0.25, 0.3) is 11.4 Å². The van der Waals surface area contributed by atoms with E-state index in [2.05, 4.69) is 15.2 Å². The molecule has 0 aliphatic heterocycles. The van der Waals surface area contributed by atoms with Gasteiger partial charge in [-0.05, 0) is 31.2 Å². The van der Waals surface area contributed by atoms with Gasteiger partial charge in [-0.15, -0.1) is 0 Å². The van der Waals surface area contributed by atoms with Crippen LogP contribution in [-0.4, -0.2) is 41.5 Å². The highest BCUT2D eigenvalue weighted by molar-refractivity contribution is 7.89. The van der Waals surface area contributed by atoms with Crippen molar-refractivity contribution in [1.29, 1.82) is 0 Å². The summed E-state index contributed by atoms with van der Waals surface area (Å²) in [6, 6.07) is 6.56. The van der Waals surface area contributed by atoms with Gasteiger partial charge in [0.1, 0.15) is 5.82 Å². The van der Waals surface area contributed by atoms with Crippen LogP contribution in [0.5, 0.6) is 0 Å². The average Bonchev–Trinajstić information content (AvgIpc) is 2.84. The lowest BCUT2D eigenvalue weighted by molar-refractivity contribution is 0.486. The molecule has 0 spiro atoms. The number of aryl methyl sites for hydroxylation is 1. The highest BCUT2D eigenvalue weighted by atomic mass is 32.2. The molecule has 0 saturated carbocycles. The molecular weight excluding hydrogens is 264 g/mol. The fourth-order valence-corrected chi connectivity index (χ4v) is 2.78. The van der Waals surface area contributed by atoms with Crippen LogP contribution in [0.2, 0.25) is 0 Å². The first kappa shape index (κ1) is 13.7. The van der Waals surface area contributed by atoms with Gasteiger partial charge in [0.15, 0.2) is 5.82 Å². The normalized spacial score (nSPS) is 12.0. The predicted octanol–water partition coefficient (Wildman–Crippen LogP) is 1.42. The third-order valence-electron chi connectivity index (χ3n) is 2.86. The molecule has 0 aliphatic rings. The minimum Gasteiger partial charge on any atom is -0.263 e. The zero-order chi connectivity index (χ0) is 14.0. The number of nitrogens with zero attached hydrogens (tertiary/aromatic N) is 3. The molecule has 0 radical (unpaired) electrons. The number of nitrogens with one attached hydrogen (secondary N) is 1. The number of benzene rings is 1. The van der Waals surface area contributed by atoms with Crippen LogP contribution in [0.4, 0.5) is 0 Å². The minimum absolute atomic E-state index is 0.271. The number of hydrogen-bond acceptors (Lipinski definition) is 4. The molecule has 1 N–H and O–H groups in total. The van der Waals surface area contributed by atoms with E-state index in [4.69, 9.17) is 0 Å². The Morgan fingerprint density at radius 1 is 1.26 bits per heavy atom. The van der Waals surface area contributed by atoms with Crippen molar-refractivity contribution in [3.05, 3.63) is 30.1 Å². The summed E-state index contributed by atoms with van der Waals surface area (Å²) < 4.78 is 25.5. The molecule has 1 aromatic carbocycles. The van der Waals surface area contributed by atoms with Gasteiger partial charge >= 0.3 is 0 Å². The third-order valence-corrected chi connectivity index (χ3v) is 4.81. The van der Waals surface area contributed by atoms with Crippen LogP contribution < -0.4 is 0 Å². The molecule has 19 heavy (non-hydrogen) atoms. The van der Waals surface area contributed by atoms with Crippen LogP contribution in [0.3, 0.4) is 0 Å². The summed E-state index contributed by atoms with van der Waals surface area (Å²) in [6.45, 7) is 4.04. The summed E-state index contributed by atoms with van der Waals surface area (Å²) >= 11 is 0. The van der Waals surface area contributed by atoms with Gasteiger partial charge in [0, 0.05) is 19.2 Å². The number of aromatic amines is 1. The Labute approximate surface area is 112 Å². The molecule has 0 saturated heterocycles. The number of aromatic nitrogens is 3. The summed E-state index contributed by atoms with van der Waals surface area (Å²) in [5.74, 6) is 1.28. The fourth-order valence-electron chi connectivity index (χ4n) is 1.60. The van der Waals surface area contributed by atoms with Crippen LogP contribution >= 0.6 is 0 Å². The third kappa shape index (κ3) is 2.66.